The van der Waals surface area contributed by atoms with Crippen LogP contribution in [0.5, 0.6) is 11.5 Å². The van der Waals surface area contributed by atoms with Crippen molar-refractivity contribution in [3.8, 4) is 21.9 Å². The van der Waals surface area contributed by atoms with Gasteiger partial charge in [0.25, 0.3) is 11.8 Å². The zero-order valence-electron chi connectivity index (χ0n) is 17.9. The number of nitrogens with zero attached hydrogens (tertiary/aromatic N) is 2. The third-order valence-electron chi connectivity index (χ3n) is 5.22. The Morgan fingerprint density at radius 2 is 1.70 bits per heavy atom. The topological polar surface area (TPSA) is 102 Å². The minimum Gasteiger partial charge on any atom is -0.486 e. The van der Waals surface area contributed by atoms with Gasteiger partial charge in [-0.05, 0) is 42.8 Å². The molecule has 5 rings (SSSR count). The van der Waals surface area contributed by atoms with Gasteiger partial charge in [0.15, 0.2) is 16.6 Å². The number of fused-ring (bicyclic) bond motifs is 1. The summed E-state index contributed by atoms with van der Waals surface area (Å²) in [5.74, 6) is 0.647. The highest BCUT2D eigenvalue weighted by Gasteiger charge is 2.21. The van der Waals surface area contributed by atoms with E-state index < -0.39 is 0 Å². The molecule has 1 fully saturated rings. The molecule has 2 aliphatic rings. The van der Waals surface area contributed by atoms with E-state index in [9.17, 15) is 9.59 Å². The van der Waals surface area contributed by atoms with Crippen LogP contribution in [0.2, 0.25) is 0 Å². The Bertz CT molecular complexity index is 1190. The number of aromatic nitrogens is 1. The summed E-state index contributed by atoms with van der Waals surface area (Å²) in [6.07, 6.45) is 0. The number of thiazole rings is 1. The lowest BCUT2D eigenvalue weighted by Crippen LogP contribution is -2.41. The summed E-state index contributed by atoms with van der Waals surface area (Å²) >= 11 is 2.64. The monoisotopic (exact) mass is 486 g/mol. The van der Waals surface area contributed by atoms with E-state index in [4.69, 9.17) is 14.2 Å². The van der Waals surface area contributed by atoms with Crippen LogP contribution in [-0.2, 0) is 4.74 Å². The lowest BCUT2D eigenvalue weighted by molar-refractivity contribution is 0.0850. The molecular weight excluding hydrogens is 464 g/mol. The second-order valence-electron chi connectivity index (χ2n) is 7.44. The lowest BCUT2D eigenvalue weighted by Gasteiger charge is -2.25. The number of ether oxygens (including phenoxy) is 3. The second kappa shape index (κ2) is 9.38. The Labute approximate surface area is 198 Å². The molecule has 1 saturated heterocycles. The van der Waals surface area contributed by atoms with Crippen LogP contribution in [0.1, 0.15) is 25.0 Å². The van der Waals surface area contributed by atoms with Crippen molar-refractivity contribution in [1.29, 1.82) is 0 Å². The highest BCUT2D eigenvalue weighted by Crippen LogP contribution is 2.37. The second-order valence-corrected chi connectivity index (χ2v) is 9.50. The van der Waals surface area contributed by atoms with E-state index in [1.54, 1.807) is 13.0 Å². The summed E-state index contributed by atoms with van der Waals surface area (Å²) in [6.45, 7) is 5.62. The first kappa shape index (κ1) is 21.7. The molecule has 0 bridgehead atoms. The number of morpholine rings is 1. The molecule has 2 aliphatic heterocycles. The maximum Gasteiger partial charge on any atom is 0.281 e. The van der Waals surface area contributed by atoms with Crippen molar-refractivity contribution in [2.75, 3.05) is 44.4 Å². The summed E-state index contributed by atoms with van der Waals surface area (Å²) in [4.78, 5) is 33.7. The van der Waals surface area contributed by atoms with Crippen LogP contribution in [0.4, 0.5) is 5.13 Å². The average molecular weight is 487 g/mol. The van der Waals surface area contributed by atoms with E-state index in [0.29, 0.717) is 47.6 Å². The number of hydrogen-bond acceptors (Lipinski definition) is 9. The number of carbonyl (C=O) groups excluding carboxylic acids is 2. The predicted molar refractivity (Wildman–Crippen MR) is 126 cm³/mol. The molecule has 0 aliphatic carbocycles. The molecule has 11 heteroatoms. The molecule has 0 radical (unpaired) electrons. The molecule has 2 N–H and O–H groups in total. The SMILES string of the molecule is Cc1nc(N2CCOCC2)sc1C(=O)NNC(=O)c1ccc(-c2ccc3c(c2)OCCO3)s1. The van der Waals surface area contributed by atoms with Gasteiger partial charge in [-0.15, -0.1) is 11.3 Å². The van der Waals surface area contributed by atoms with E-state index >= 15 is 0 Å². The molecule has 0 atom stereocenters. The molecule has 4 heterocycles. The van der Waals surface area contributed by atoms with Crippen molar-refractivity contribution in [3.05, 3.63) is 45.8 Å². The highest BCUT2D eigenvalue weighted by molar-refractivity contribution is 7.18. The van der Waals surface area contributed by atoms with E-state index in [0.717, 1.165) is 34.4 Å². The maximum absolute atomic E-state index is 12.6. The Kier molecular flexibility index (Phi) is 6.16. The quantitative estimate of drug-likeness (QED) is 0.547. The molecular formula is C22H22N4O5S2. The fraction of sp³-hybridized carbons (Fsp3) is 0.318. The molecule has 2 amide bonds. The van der Waals surface area contributed by atoms with Crippen molar-refractivity contribution in [2.45, 2.75) is 6.92 Å². The average Bonchev–Trinajstić information content (AvgIpc) is 3.50. The molecule has 172 valence electrons. The normalized spacial score (nSPS) is 15.2. The number of hydrogen-bond donors (Lipinski definition) is 2. The van der Waals surface area contributed by atoms with Crippen LogP contribution in [0, 0.1) is 6.92 Å². The number of hydrazine groups is 1. The van der Waals surface area contributed by atoms with E-state index in [-0.39, 0.29) is 11.8 Å². The van der Waals surface area contributed by atoms with E-state index in [1.165, 1.54) is 22.7 Å². The summed E-state index contributed by atoms with van der Waals surface area (Å²) in [5, 5.41) is 0.787. The minimum atomic E-state index is -0.388. The first-order valence-electron chi connectivity index (χ1n) is 10.5. The molecule has 3 aromatic rings. The third-order valence-corrected chi connectivity index (χ3v) is 7.57. The van der Waals surface area contributed by atoms with Crippen molar-refractivity contribution in [3.63, 3.8) is 0 Å². The molecule has 33 heavy (non-hydrogen) atoms. The summed E-state index contributed by atoms with van der Waals surface area (Å²) < 4.78 is 16.6. The number of carbonyl (C=O) groups is 2. The third kappa shape index (κ3) is 4.65. The Hall–Kier alpha value is -3.15. The first-order valence-corrected chi connectivity index (χ1v) is 12.1. The van der Waals surface area contributed by atoms with Gasteiger partial charge in [-0.3, -0.25) is 20.4 Å². The number of thiophene rings is 1. The standard InChI is InChI=1S/C22H22N4O5S2/c1-13-19(33-22(23-13)26-6-8-29-9-7-26)21(28)25-24-20(27)18-5-4-17(32-18)14-2-3-15-16(12-14)31-11-10-30-15/h2-5,12H,6-11H2,1H3,(H,24,27)(H,25,28). The molecule has 1 aromatic carbocycles. The predicted octanol–water partition coefficient (Wildman–Crippen LogP) is 2.86. The molecule has 0 unspecified atom stereocenters. The smallest absolute Gasteiger partial charge is 0.281 e. The van der Waals surface area contributed by atoms with Crippen LogP contribution in [0.15, 0.2) is 30.3 Å². The zero-order valence-corrected chi connectivity index (χ0v) is 19.5. The Morgan fingerprint density at radius 1 is 0.939 bits per heavy atom. The van der Waals surface area contributed by atoms with Gasteiger partial charge in [0.05, 0.1) is 23.8 Å². The van der Waals surface area contributed by atoms with Crippen molar-refractivity contribution in [1.82, 2.24) is 15.8 Å². The summed E-state index contributed by atoms with van der Waals surface area (Å²) in [7, 11) is 0. The number of rotatable bonds is 4. The lowest BCUT2D eigenvalue weighted by atomic mass is 10.1. The van der Waals surface area contributed by atoms with Crippen LogP contribution < -0.4 is 25.2 Å². The molecule has 2 aromatic heterocycles. The first-order chi connectivity index (χ1) is 16.1. The van der Waals surface area contributed by atoms with E-state index in [1.807, 2.05) is 24.3 Å². The van der Waals surface area contributed by atoms with Gasteiger partial charge in [0, 0.05) is 18.0 Å². The van der Waals surface area contributed by atoms with Crippen molar-refractivity contribution >= 4 is 39.6 Å². The van der Waals surface area contributed by atoms with Crippen LogP contribution in [0.3, 0.4) is 0 Å². The number of aryl methyl sites for hydroxylation is 1. The number of benzene rings is 1. The molecule has 9 nitrogen and oxygen atoms in total. The van der Waals surface area contributed by atoms with Crippen LogP contribution in [-0.4, -0.2) is 56.3 Å². The van der Waals surface area contributed by atoms with Crippen LogP contribution in [0.25, 0.3) is 10.4 Å². The summed E-state index contributed by atoms with van der Waals surface area (Å²) in [5.41, 5.74) is 6.57. The van der Waals surface area contributed by atoms with Gasteiger partial charge < -0.3 is 19.1 Å². The Morgan fingerprint density at radius 3 is 2.52 bits per heavy atom. The molecule has 0 saturated carbocycles. The van der Waals surface area contributed by atoms with Gasteiger partial charge in [0.1, 0.15) is 18.1 Å². The number of anilines is 1. The van der Waals surface area contributed by atoms with Crippen molar-refractivity contribution < 1.29 is 23.8 Å². The van der Waals surface area contributed by atoms with Crippen molar-refractivity contribution in [2.24, 2.45) is 0 Å². The van der Waals surface area contributed by atoms with Gasteiger partial charge in [-0.25, -0.2) is 4.98 Å². The van der Waals surface area contributed by atoms with Gasteiger partial charge >= 0.3 is 0 Å². The van der Waals surface area contributed by atoms with Gasteiger partial charge in [-0.1, -0.05) is 11.3 Å². The number of nitrogens with one attached hydrogen (secondary N) is 2. The van der Waals surface area contributed by atoms with Crippen LogP contribution >= 0.6 is 22.7 Å². The van der Waals surface area contributed by atoms with Gasteiger partial charge in [0.2, 0.25) is 0 Å². The van der Waals surface area contributed by atoms with Gasteiger partial charge in [-0.2, -0.15) is 0 Å². The minimum absolute atomic E-state index is 0.382. The Balaban J connectivity index is 1.22. The maximum atomic E-state index is 12.6. The fourth-order valence-electron chi connectivity index (χ4n) is 3.53. The largest absolute Gasteiger partial charge is 0.486 e. The van der Waals surface area contributed by atoms with E-state index in [2.05, 4.69) is 20.7 Å². The highest BCUT2D eigenvalue weighted by atomic mass is 32.1. The molecule has 0 spiro atoms. The number of amides is 2. The fourth-order valence-corrected chi connectivity index (χ4v) is 5.44. The summed E-state index contributed by atoms with van der Waals surface area (Å²) in [6, 6.07) is 9.30. The zero-order chi connectivity index (χ0) is 22.8.